The summed E-state index contributed by atoms with van der Waals surface area (Å²) in [6.07, 6.45) is -1.13. The van der Waals surface area contributed by atoms with Crippen molar-refractivity contribution in [3.63, 3.8) is 0 Å². The van der Waals surface area contributed by atoms with Gasteiger partial charge >= 0.3 is 5.97 Å². The van der Waals surface area contributed by atoms with Crippen LogP contribution in [0.25, 0.3) is 0 Å². The van der Waals surface area contributed by atoms with E-state index in [1.807, 2.05) is 0 Å². The minimum atomic E-state index is -1.13. The summed E-state index contributed by atoms with van der Waals surface area (Å²) >= 11 is 0. The monoisotopic (exact) mass is 368 g/mol. The van der Waals surface area contributed by atoms with Crippen molar-refractivity contribution in [2.24, 2.45) is 0 Å². The van der Waals surface area contributed by atoms with Crippen LogP contribution in [0.1, 0.15) is 45.0 Å². The number of hydrogen-bond acceptors (Lipinski definition) is 7. The van der Waals surface area contributed by atoms with Crippen LogP contribution in [-0.4, -0.2) is 42.2 Å². The second-order valence-electron chi connectivity index (χ2n) is 6.50. The van der Waals surface area contributed by atoms with Gasteiger partial charge in [0.05, 0.1) is 24.7 Å². The molecule has 1 rings (SSSR count). The predicted octanol–water partition coefficient (Wildman–Crippen LogP) is 2.46. The van der Waals surface area contributed by atoms with E-state index in [4.69, 9.17) is 14.2 Å². The lowest BCUT2D eigenvalue weighted by Gasteiger charge is -2.23. The first-order valence-electron chi connectivity index (χ1n) is 8.02. The van der Waals surface area contributed by atoms with Crippen LogP contribution in [-0.2, 0) is 9.53 Å². The molecule has 1 atom stereocenters. The molecule has 1 N–H and O–H groups in total. The fourth-order valence-electron chi connectivity index (χ4n) is 2.04. The number of rotatable bonds is 7. The van der Waals surface area contributed by atoms with Gasteiger partial charge in [0.25, 0.3) is 11.6 Å². The molecule has 0 aromatic heterocycles. The smallest absolute Gasteiger partial charge is 0.346 e. The Bertz CT molecular complexity index is 695. The summed E-state index contributed by atoms with van der Waals surface area (Å²) in [5.41, 5.74) is -1.33. The first-order chi connectivity index (χ1) is 12.0. The molecule has 0 fully saturated rings. The van der Waals surface area contributed by atoms with Gasteiger partial charge in [0.15, 0.2) is 17.6 Å². The van der Waals surface area contributed by atoms with E-state index in [9.17, 15) is 19.7 Å². The molecule has 0 heterocycles. The molecule has 0 radical (unpaired) electrons. The number of benzene rings is 1. The summed E-state index contributed by atoms with van der Waals surface area (Å²) in [6, 6.07) is 2.26. The molecule has 0 spiro atoms. The van der Waals surface area contributed by atoms with Crippen LogP contribution in [0.15, 0.2) is 12.1 Å². The molecule has 0 saturated carbocycles. The lowest BCUT2D eigenvalue weighted by Crippen LogP contribution is -2.46. The van der Waals surface area contributed by atoms with Crippen LogP contribution in [0.2, 0.25) is 0 Å². The number of nitro benzene ring substituents is 1. The molecule has 0 unspecified atom stereocenters. The maximum atomic E-state index is 12.4. The zero-order chi connectivity index (χ0) is 20.1. The quantitative estimate of drug-likeness (QED) is 0.446. The minimum absolute atomic E-state index is 0.119. The molecular formula is C17H24N2O7. The van der Waals surface area contributed by atoms with Gasteiger partial charge in [-0.1, -0.05) is 0 Å². The summed E-state index contributed by atoms with van der Waals surface area (Å²) < 4.78 is 15.5. The molecule has 0 aliphatic heterocycles. The van der Waals surface area contributed by atoms with Crippen molar-refractivity contribution in [3.05, 3.63) is 27.8 Å². The number of nitrogens with one attached hydrogen (secondary N) is 1. The summed E-state index contributed by atoms with van der Waals surface area (Å²) in [6.45, 7) is 8.72. The van der Waals surface area contributed by atoms with Crippen molar-refractivity contribution in [2.45, 2.75) is 46.3 Å². The second kappa shape index (κ2) is 8.50. The highest BCUT2D eigenvalue weighted by Crippen LogP contribution is 2.35. The second-order valence-corrected chi connectivity index (χ2v) is 6.50. The van der Waals surface area contributed by atoms with Gasteiger partial charge in [0.1, 0.15) is 5.56 Å². The highest BCUT2D eigenvalue weighted by Gasteiger charge is 2.29. The lowest BCUT2D eigenvalue weighted by atomic mass is 10.1. The van der Waals surface area contributed by atoms with E-state index in [0.29, 0.717) is 0 Å². The summed E-state index contributed by atoms with van der Waals surface area (Å²) in [5, 5.41) is 14.0. The average Bonchev–Trinajstić information content (AvgIpc) is 2.52. The maximum absolute atomic E-state index is 12.4. The third-order valence-corrected chi connectivity index (χ3v) is 3.15. The van der Waals surface area contributed by atoms with Crippen molar-refractivity contribution in [1.29, 1.82) is 0 Å². The molecule has 0 aliphatic carbocycles. The van der Waals surface area contributed by atoms with Gasteiger partial charge in [-0.05, 0) is 34.6 Å². The van der Waals surface area contributed by atoms with E-state index in [2.05, 4.69) is 5.32 Å². The van der Waals surface area contributed by atoms with Gasteiger partial charge in [-0.2, -0.15) is 0 Å². The molecule has 1 aromatic rings. The fraction of sp³-hybridized carbons (Fsp3) is 0.529. The van der Waals surface area contributed by atoms with Crippen molar-refractivity contribution < 1.29 is 28.7 Å². The Morgan fingerprint density at radius 1 is 1.27 bits per heavy atom. The van der Waals surface area contributed by atoms with E-state index >= 15 is 0 Å². The molecule has 0 bridgehead atoms. The maximum Gasteiger partial charge on any atom is 0.346 e. The van der Waals surface area contributed by atoms with Gasteiger partial charge in [0, 0.05) is 11.6 Å². The number of amides is 1. The Balaban J connectivity index is 3.15. The van der Waals surface area contributed by atoms with Crippen LogP contribution < -0.4 is 14.8 Å². The molecular weight excluding hydrogens is 344 g/mol. The zero-order valence-electron chi connectivity index (χ0n) is 15.7. The van der Waals surface area contributed by atoms with Crippen LogP contribution in [0, 0.1) is 10.1 Å². The number of hydrogen-bond donors (Lipinski definition) is 1. The number of carbonyl (C=O) groups excluding carboxylic acids is 2. The lowest BCUT2D eigenvalue weighted by molar-refractivity contribution is -0.385. The predicted molar refractivity (Wildman–Crippen MR) is 93.6 cm³/mol. The van der Waals surface area contributed by atoms with Crippen molar-refractivity contribution >= 4 is 17.6 Å². The van der Waals surface area contributed by atoms with Crippen molar-refractivity contribution in [3.8, 4) is 11.5 Å². The van der Waals surface area contributed by atoms with Crippen molar-refractivity contribution in [1.82, 2.24) is 5.32 Å². The van der Waals surface area contributed by atoms with E-state index in [0.717, 1.165) is 6.07 Å². The highest BCUT2D eigenvalue weighted by atomic mass is 16.6. The molecule has 9 heteroatoms. The number of nitrogens with zero attached hydrogens (tertiary/aromatic N) is 1. The first kappa shape index (κ1) is 21.2. The van der Waals surface area contributed by atoms with Crippen LogP contribution in [0.4, 0.5) is 5.69 Å². The van der Waals surface area contributed by atoms with E-state index in [-0.39, 0.29) is 23.7 Å². The fourth-order valence-corrected chi connectivity index (χ4v) is 2.04. The summed E-state index contributed by atoms with van der Waals surface area (Å²) in [4.78, 5) is 35.0. The van der Waals surface area contributed by atoms with Gasteiger partial charge in [0.2, 0.25) is 0 Å². The van der Waals surface area contributed by atoms with Gasteiger partial charge in [-0.15, -0.1) is 0 Å². The highest BCUT2D eigenvalue weighted by molar-refractivity contribution is 5.96. The van der Waals surface area contributed by atoms with E-state index < -0.39 is 34.1 Å². The number of carbonyl (C=O) groups is 2. The molecule has 0 saturated heterocycles. The number of methoxy groups -OCH3 is 1. The SMILES string of the molecule is CCOc1cc(C(=O)O[C@H](C)C(=O)NC(C)(C)C)c([N+](=O)[O-])cc1OC. The van der Waals surface area contributed by atoms with E-state index in [1.165, 1.54) is 20.1 Å². The summed E-state index contributed by atoms with van der Waals surface area (Å²) in [7, 11) is 1.33. The van der Waals surface area contributed by atoms with E-state index in [1.54, 1.807) is 27.7 Å². The molecule has 26 heavy (non-hydrogen) atoms. The molecule has 0 aliphatic rings. The molecule has 1 amide bonds. The largest absolute Gasteiger partial charge is 0.493 e. The van der Waals surface area contributed by atoms with Gasteiger partial charge in [-0.25, -0.2) is 4.79 Å². The topological polar surface area (TPSA) is 117 Å². The Morgan fingerprint density at radius 2 is 1.88 bits per heavy atom. The number of nitro groups is 1. The van der Waals surface area contributed by atoms with Crippen LogP contribution in [0.5, 0.6) is 11.5 Å². The zero-order valence-corrected chi connectivity index (χ0v) is 15.7. The minimum Gasteiger partial charge on any atom is -0.493 e. The molecule has 144 valence electrons. The Hall–Kier alpha value is -2.84. The number of esters is 1. The third kappa shape index (κ3) is 5.61. The first-order valence-corrected chi connectivity index (χ1v) is 8.02. The molecule has 9 nitrogen and oxygen atoms in total. The summed E-state index contributed by atoms with van der Waals surface area (Å²) in [5.74, 6) is -1.23. The van der Waals surface area contributed by atoms with Gasteiger partial charge in [-0.3, -0.25) is 14.9 Å². The average molecular weight is 368 g/mol. The van der Waals surface area contributed by atoms with Crippen molar-refractivity contribution in [2.75, 3.05) is 13.7 Å². The normalized spacial score (nSPS) is 12.1. The van der Waals surface area contributed by atoms with Crippen LogP contribution in [0.3, 0.4) is 0 Å². The Morgan fingerprint density at radius 3 is 2.35 bits per heavy atom. The van der Waals surface area contributed by atoms with Crippen LogP contribution >= 0.6 is 0 Å². The van der Waals surface area contributed by atoms with Gasteiger partial charge < -0.3 is 19.5 Å². The number of ether oxygens (including phenoxy) is 3. The third-order valence-electron chi connectivity index (χ3n) is 3.15. The Kier molecular flexibility index (Phi) is 6.93. The standard InChI is InChI=1S/C17H24N2O7/c1-7-25-14-8-11(12(19(22)23)9-13(14)24-6)16(21)26-10(2)15(20)18-17(3,4)5/h8-10H,7H2,1-6H3,(H,18,20)/t10-/m1/s1. The Labute approximate surface area is 151 Å². The molecule has 1 aromatic carbocycles.